The molecule has 0 radical (unpaired) electrons. The maximum absolute atomic E-state index is 5.25. The Morgan fingerprint density at radius 3 is 2.15 bits per heavy atom. The second-order valence-corrected chi connectivity index (χ2v) is 10.6. The van der Waals surface area contributed by atoms with E-state index < -0.39 is 6.17 Å². The number of hydrogen-bond acceptors (Lipinski definition) is 7. The lowest BCUT2D eigenvalue weighted by Crippen LogP contribution is -2.46. The van der Waals surface area contributed by atoms with Crippen molar-refractivity contribution in [2.75, 3.05) is 0 Å². The van der Waals surface area contributed by atoms with E-state index in [1.54, 1.807) is 0 Å². The number of aliphatic imine (C=N–C) groups is 3. The highest BCUT2D eigenvalue weighted by atomic mass is 15.3. The van der Waals surface area contributed by atoms with E-state index in [0.717, 1.165) is 49.8 Å². The Hall–Kier alpha value is -4.95. The van der Waals surface area contributed by atoms with Crippen LogP contribution in [0.4, 0.5) is 0 Å². The predicted octanol–water partition coefficient (Wildman–Crippen LogP) is 3.29. The molecule has 40 heavy (non-hydrogen) atoms. The minimum Gasteiger partial charge on any atom is -0.354 e. The third kappa shape index (κ3) is 3.20. The van der Waals surface area contributed by atoms with Crippen LogP contribution in [-0.4, -0.2) is 34.8 Å². The molecular formula is C32H24N8. The fraction of sp³-hybridized carbons (Fsp3) is 0.156. The molecular weight excluding hydrogens is 496 g/mol. The van der Waals surface area contributed by atoms with E-state index in [4.69, 9.17) is 25.0 Å². The van der Waals surface area contributed by atoms with Gasteiger partial charge in [0.2, 0.25) is 0 Å². The van der Waals surface area contributed by atoms with E-state index in [-0.39, 0.29) is 24.2 Å². The third-order valence-electron chi connectivity index (χ3n) is 8.38. The zero-order chi connectivity index (χ0) is 26.2. The maximum Gasteiger partial charge on any atom is 0.170 e. The quantitative estimate of drug-likeness (QED) is 0.331. The fourth-order valence-electron chi connectivity index (χ4n) is 6.49. The molecule has 4 aromatic rings. The summed E-state index contributed by atoms with van der Waals surface area (Å²) < 4.78 is 0. The van der Waals surface area contributed by atoms with Crippen molar-refractivity contribution < 1.29 is 0 Å². The van der Waals surface area contributed by atoms with Gasteiger partial charge in [0, 0.05) is 44.9 Å². The molecule has 8 bridgehead atoms. The Morgan fingerprint density at radius 2 is 1.30 bits per heavy atom. The molecule has 1 saturated heterocycles. The average Bonchev–Trinajstić information content (AvgIpc) is 3.73. The molecule has 1 aromatic heterocycles. The molecule has 9 rings (SSSR count). The first-order valence-corrected chi connectivity index (χ1v) is 13.6. The van der Waals surface area contributed by atoms with Crippen LogP contribution in [0.15, 0.2) is 122 Å². The van der Waals surface area contributed by atoms with Crippen LogP contribution in [0, 0.1) is 11.8 Å². The fourth-order valence-corrected chi connectivity index (χ4v) is 6.49. The summed E-state index contributed by atoms with van der Waals surface area (Å²) in [5.41, 5.74) is 5.60. The highest BCUT2D eigenvalue weighted by Crippen LogP contribution is 2.35. The number of allylic oxidation sites excluding steroid dienone is 2. The summed E-state index contributed by atoms with van der Waals surface area (Å²) in [5.74, 6) is 2.53. The number of aromatic nitrogens is 1. The second kappa shape index (κ2) is 8.27. The molecule has 5 atom stereocenters. The predicted molar refractivity (Wildman–Crippen MR) is 155 cm³/mol. The Kier molecular flexibility index (Phi) is 4.54. The first-order valence-electron chi connectivity index (χ1n) is 13.6. The molecule has 8 nitrogen and oxygen atoms in total. The molecule has 3 N–H and O–H groups in total. The van der Waals surface area contributed by atoms with Gasteiger partial charge in [0.05, 0.1) is 6.17 Å². The van der Waals surface area contributed by atoms with Crippen LogP contribution in [0.1, 0.15) is 28.4 Å². The topological polar surface area (TPSA) is 102 Å². The van der Waals surface area contributed by atoms with Gasteiger partial charge in [-0.2, -0.15) is 0 Å². The van der Waals surface area contributed by atoms with Crippen LogP contribution in [0.3, 0.4) is 0 Å². The van der Waals surface area contributed by atoms with E-state index in [9.17, 15) is 0 Å². The van der Waals surface area contributed by atoms with Gasteiger partial charge in [0.1, 0.15) is 23.0 Å². The van der Waals surface area contributed by atoms with Gasteiger partial charge in [-0.15, -0.1) is 0 Å². The summed E-state index contributed by atoms with van der Waals surface area (Å²) >= 11 is 0. The van der Waals surface area contributed by atoms with Crippen molar-refractivity contribution in [3.05, 3.63) is 130 Å². The number of rotatable bonds is 0. The summed E-state index contributed by atoms with van der Waals surface area (Å²) in [6, 6.07) is 24.7. The van der Waals surface area contributed by atoms with Crippen molar-refractivity contribution in [2.45, 2.75) is 18.5 Å². The lowest BCUT2D eigenvalue weighted by molar-refractivity contribution is 0.458. The van der Waals surface area contributed by atoms with Gasteiger partial charge in [-0.25, -0.2) is 25.0 Å². The zero-order valence-corrected chi connectivity index (χ0v) is 21.4. The molecule has 5 heterocycles. The molecule has 5 unspecified atom stereocenters. The minimum atomic E-state index is -0.393. The van der Waals surface area contributed by atoms with Crippen molar-refractivity contribution >= 4 is 28.3 Å². The summed E-state index contributed by atoms with van der Waals surface area (Å²) in [5, 5.41) is 9.55. The third-order valence-corrected chi connectivity index (χ3v) is 8.38. The number of fused-ring (bicyclic) bond motifs is 18. The van der Waals surface area contributed by atoms with Crippen LogP contribution < -0.4 is 21.6 Å². The highest BCUT2D eigenvalue weighted by Gasteiger charge is 2.42. The maximum atomic E-state index is 5.25. The van der Waals surface area contributed by atoms with E-state index in [0.29, 0.717) is 11.7 Å². The molecule has 5 aliphatic rings. The van der Waals surface area contributed by atoms with Crippen LogP contribution in [0.2, 0.25) is 0 Å². The van der Waals surface area contributed by atoms with Gasteiger partial charge in [0.15, 0.2) is 17.8 Å². The van der Waals surface area contributed by atoms with Gasteiger partial charge >= 0.3 is 0 Å². The van der Waals surface area contributed by atoms with Crippen LogP contribution in [-0.2, 0) is 0 Å². The van der Waals surface area contributed by atoms with E-state index in [1.807, 2.05) is 36.4 Å². The number of amidine groups is 3. The molecule has 0 saturated carbocycles. The number of benzene rings is 3. The average molecular weight is 521 g/mol. The normalized spacial score (nSPS) is 27.0. The SMILES string of the molecule is C1=CC2C3N=c4[nH]c(c5ccccc45)=NC4=NC(=NC5N=C(NC(N3)C2C=C1)c1ccccc15)c1ccccc14. The monoisotopic (exact) mass is 520 g/mol. The Morgan fingerprint density at radius 1 is 0.600 bits per heavy atom. The number of hydrogen-bond donors (Lipinski definition) is 3. The van der Waals surface area contributed by atoms with Crippen LogP contribution in [0.5, 0.6) is 0 Å². The first-order chi connectivity index (χ1) is 19.8. The van der Waals surface area contributed by atoms with E-state index in [2.05, 4.69) is 76.3 Å². The Labute approximate surface area is 229 Å². The standard InChI is InChI=1S/C32H24N8/c1-2-10-18-17(9-1)25-33-26(18)38-28-21-13-5-6-14-22(21)30(35-28)40-32-24-16-8-7-15-23(24)31(36-32)39-29-20-12-4-3-11-19(20)27(34-29)37-25/h1-18,25-26,29,33H,(H,34,37)(H,35,36,38,39,40). The van der Waals surface area contributed by atoms with Crippen molar-refractivity contribution in [3.63, 3.8) is 0 Å². The molecule has 192 valence electrons. The number of aromatic amines is 1. The number of nitrogens with one attached hydrogen (secondary N) is 3. The molecule has 4 aliphatic heterocycles. The van der Waals surface area contributed by atoms with E-state index >= 15 is 0 Å². The molecule has 8 heteroatoms. The van der Waals surface area contributed by atoms with Gasteiger partial charge in [-0.1, -0.05) is 97.1 Å². The van der Waals surface area contributed by atoms with Crippen molar-refractivity contribution in [2.24, 2.45) is 36.8 Å². The van der Waals surface area contributed by atoms with Crippen LogP contribution >= 0.6 is 0 Å². The Bertz CT molecular complexity index is 2010. The number of H-pyrrole nitrogens is 1. The lowest BCUT2D eigenvalue weighted by Gasteiger charge is -2.22. The molecule has 3 aromatic carbocycles. The lowest BCUT2D eigenvalue weighted by atomic mass is 9.88. The van der Waals surface area contributed by atoms with Gasteiger partial charge in [-0.3, -0.25) is 5.32 Å². The first kappa shape index (κ1) is 21.9. The highest BCUT2D eigenvalue weighted by molar-refractivity contribution is 6.22. The molecule has 1 fully saturated rings. The van der Waals surface area contributed by atoms with Crippen LogP contribution in [0.25, 0.3) is 10.8 Å². The summed E-state index contributed by atoms with van der Waals surface area (Å²) in [6.45, 7) is 0. The second-order valence-electron chi connectivity index (χ2n) is 10.6. The van der Waals surface area contributed by atoms with E-state index in [1.165, 1.54) is 0 Å². The van der Waals surface area contributed by atoms with Crippen molar-refractivity contribution in [3.8, 4) is 0 Å². The van der Waals surface area contributed by atoms with Gasteiger partial charge in [-0.05, 0) is 0 Å². The minimum absolute atomic E-state index is 0.0479. The molecule has 1 aliphatic carbocycles. The smallest absolute Gasteiger partial charge is 0.170 e. The van der Waals surface area contributed by atoms with Crippen molar-refractivity contribution in [1.82, 2.24) is 15.6 Å². The zero-order valence-electron chi connectivity index (χ0n) is 21.4. The largest absolute Gasteiger partial charge is 0.354 e. The van der Waals surface area contributed by atoms with Gasteiger partial charge < -0.3 is 10.3 Å². The van der Waals surface area contributed by atoms with Gasteiger partial charge in [0.25, 0.3) is 0 Å². The van der Waals surface area contributed by atoms with Crippen molar-refractivity contribution in [1.29, 1.82) is 0 Å². The number of nitrogens with zero attached hydrogens (tertiary/aromatic N) is 5. The summed E-state index contributed by atoms with van der Waals surface area (Å²) in [6.07, 6.45) is 8.18. The molecule has 0 spiro atoms. The summed E-state index contributed by atoms with van der Waals surface area (Å²) in [7, 11) is 0. The molecule has 0 amide bonds. The Balaban J connectivity index is 1.32. The summed E-state index contributed by atoms with van der Waals surface area (Å²) in [4.78, 5) is 29.0.